The number of ether oxygens (including phenoxy) is 1. The van der Waals surface area contributed by atoms with E-state index < -0.39 is 0 Å². The minimum atomic E-state index is 0.250. The van der Waals surface area contributed by atoms with E-state index >= 15 is 0 Å². The van der Waals surface area contributed by atoms with Crippen LogP contribution < -0.4 is 4.74 Å². The zero-order valence-electron chi connectivity index (χ0n) is 12.9. The van der Waals surface area contributed by atoms with Crippen molar-refractivity contribution in [2.75, 3.05) is 7.11 Å². The highest BCUT2D eigenvalue weighted by Crippen LogP contribution is 2.31. The molecule has 0 bridgehead atoms. The third-order valence-corrected chi connectivity index (χ3v) is 3.75. The van der Waals surface area contributed by atoms with Crippen LogP contribution in [0.15, 0.2) is 18.2 Å². The van der Waals surface area contributed by atoms with Gasteiger partial charge in [-0.1, -0.05) is 25.1 Å². The Labute approximate surface area is 125 Å². The van der Waals surface area contributed by atoms with Gasteiger partial charge in [0.25, 0.3) is 0 Å². The zero-order chi connectivity index (χ0) is 15.4. The summed E-state index contributed by atoms with van der Waals surface area (Å²) in [6.45, 7) is 6.24. The molecule has 0 aliphatic rings. The third-order valence-electron chi connectivity index (χ3n) is 3.75. The molecule has 2 aromatic rings. The van der Waals surface area contributed by atoms with E-state index in [2.05, 4.69) is 30.2 Å². The van der Waals surface area contributed by atoms with Gasteiger partial charge in [-0.3, -0.25) is 0 Å². The first-order chi connectivity index (χ1) is 10.2. The molecule has 5 nitrogen and oxygen atoms in total. The first kappa shape index (κ1) is 15.0. The average molecular weight is 284 g/mol. The lowest BCUT2D eigenvalue weighted by atomic mass is 9.97. The number of hydrogen-bond donors (Lipinski definition) is 0. The largest absolute Gasteiger partial charge is 0.494 e. The fraction of sp³-hybridized carbons (Fsp3) is 0.438. The number of nitriles is 1. The fourth-order valence-electron chi connectivity index (χ4n) is 2.55. The van der Waals surface area contributed by atoms with Gasteiger partial charge in [0.1, 0.15) is 17.5 Å². The molecule has 0 N–H and O–H groups in total. The van der Waals surface area contributed by atoms with Crippen molar-refractivity contribution in [3.8, 4) is 17.5 Å². The second-order valence-electron chi connectivity index (χ2n) is 5.04. The quantitative estimate of drug-likeness (QED) is 0.844. The lowest BCUT2D eigenvalue weighted by molar-refractivity contribution is 0.410. The topological polar surface area (TPSA) is 63.7 Å². The number of rotatable bonds is 5. The number of aryl methyl sites for hydroxylation is 1. The first-order valence-electron chi connectivity index (χ1n) is 7.16. The van der Waals surface area contributed by atoms with Crippen molar-refractivity contribution in [1.82, 2.24) is 15.0 Å². The number of benzene rings is 1. The van der Waals surface area contributed by atoms with E-state index in [1.807, 2.05) is 25.1 Å². The predicted molar refractivity (Wildman–Crippen MR) is 80.7 cm³/mol. The highest BCUT2D eigenvalue weighted by Gasteiger charge is 2.22. The first-order valence-corrected chi connectivity index (χ1v) is 7.16. The van der Waals surface area contributed by atoms with E-state index in [0.717, 1.165) is 35.5 Å². The zero-order valence-corrected chi connectivity index (χ0v) is 12.9. The summed E-state index contributed by atoms with van der Waals surface area (Å²) in [5.74, 6) is 0.974. The van der Waals surface area contributed by atoms with Gasteiger partial charge in [-0.2, -0.15) is 5.26 Å². The molecular formula is C16H20N4O. The van der Waals surface area contributed by atoms with Crippen molar-refractivity contribution in [3.63, 3.8) is 0 Å². The maximum atomic E-state index is 9.30. The maximum Gasteiger partial charge on any atom is 0.186 e. The van der Waals surface area contributed by atoms with Crippen LogP contribution >= 0.6 is 0 Å². The highest BCUT2D eigenvalue weighted by atomic mass is 16.5. The van der Waals surface area contributed by atoms with Crippen molar-refractivity contribution in [2.45, 2.75) is 39.5 Å². The molecule has 0 saturated heterocycles. The second kappa shape index (κ2) is 6.40. The molecule has 0 unspecified atom stereocenters. The fourth-order valence-corrected chi connectivity index (χ4v) is 2.55. The van der Waals surface area contributed by atoms with E-state index in [4.69, 9.17) is 4.74 Å². The summed E-state index contributed by atoms with van der Waals surface area (Å²) in [7, 11) is 1.63. The highest BCUT2D eigenvalue weighted by molar-refractivity contribution is 5.50. The molecule has 0 spiro atoms. The normalized spacial score (nSPS) is 10.7. The summed E-state index contributed by atoms with van der Waals surface area (Å²) in [6.07, 6.45) is 1.87. The van der Waals surface area contributed by atoms with Gasteiger partial charge in [0.2, 0.25) is 0 Å². The van der Waals surface area contributed by atoms with Gasteiger partial charge < -0.3 is 4.74 Å². The Morgan fingerprint density at radius 1 is 1.33 bits per heavy atom. The van der Waals surface area contributed by atoms with Crippen LogP contribution in [0.5, 0.6) is 5.75 Å². The Morgan fingerprint density at radius 3 is 2.62 bits per heavy atom. The molecule has 0 atom stereocenters. The number of methoxy groups -OCH3 is 1. The van der Waals surface area contributed by atoms with Crippen molar-refractivity contribution < 1.29 is 4.74 Å². The lowest BCUT2D eigenvalue weighted by Crippen LogP contribution is -2.09. The Morgan fingerprint density at radius 2 is 2.05 bits per heavy atom. The molecule has 0 aliphatic carbocycles. The van der Waals surface area contributed by atoms with Crippen molar-refractivity contribution in [1.29, 1.82) is 5.26 Å². The van der Waals surface area contributed by atoms with Crippen molar-refractivity contribution >= 4 is 0 Å². The van der Waals surface area contributed by atoms with Gasteiger partial charge in [-0.15, -0.1) is 5.10 Å². The van der Waals surface area contributed by atoms with Gasteiger partial charge in [0, 0.05) is 5.92 Å². The van der Waals surface area contributed by atoms with Crippen LogP contribution in [0.2, 0.25) is 0 Å². The Kier molecular flexibility index (Phi) is 4.59. The molecule has 5 heteroatoms. The van der Waals surface area contributed by atoms with Crippen molar-refractivity contribution in [2.24, 2.45) is 0 Å². The summed E-state index contributed by atoms with van der Waals surface area (Å²) in [4.78, 5) is 0. The van der Waals surface area contributed by atoms with E-state index in [1.165, 1.54) is 0 Å². The van der Waals surface area contributed by atoms with Gasteiger partial charge in [-0.25, -0.2) is 4.68 Å². The summed E-state index contributed by atoms with van der Waals surface area (Å²) in [6, 6.07) is 8.05. The summed E-state index contributed by atoms with van der Waals surface area (Å²) in [5, 5.41) is 17.5. The summed E-state index contributed by atoms with van der Waals surface area (Å²) in [5.41, 5.74) is 3.20. The van der Waals surface area contributed by atoms with Gasteiger partial charge in [0.15, 0.2) is 5.69 Å². The molecule has 0 radical (unpaired) electrons. The van der Waals surface area contributed by atoms with Crippen molar-refractivity contribution in [3.05, 3.63) is 35.2 Å². The molecule has 1 aromatic heterocycles. The van der Waals surface area contributed by atoms with Crippen LogP contribution in [-0.4, -0.2) is 22.1 Å². The van der Waals surface area contributed by atoms with Crippen LogP contribution in [-0.2, 0) is 0 Å². The minimum Gasteiger partial charge on any atom is -0.494 e. The van der Waals surface area contributed by atoms with E-state index in [9.17, 15) is 5.26 Å². The van der Waals surface area contributed by atoms with Crippen LogP contribution in [0, 0.1) is 18.3 Å². The average Bonchev–Trinajstić information content (AvgIpc) is 2.92. The Bertz CT molecular complexity index is 665. The van der Waals surface area contributed by atoms with E-state index in [1.54, 1.807) is 11.8 Å². The molecule has 0 aliphatic heterocycles. The number of hydrogen-bond acceptors (Lipinski definition) is 4. The number of nitrogens with zero attached hydrogens (tertiary/aromatic N) is 4. The predicted octanol–water partition coefficient (Wildman–Crippen LogP) is 3.36. The monoisotopic (exact) mass is 284 g/mol. The molecule has 1 aromatic carbocycles. The molecule has 2 rings (SSSR count). The maximum absolute atomic E-state index is 9.30. The summed E-state index contributed by atoms with van der Waals surface area (Å²) < 4.78 is 7.18. The van der Waals surface area contributed by atoms with Gasteiger partial charge >= 0.3 is 0 Å². The molecule has 0 fully saturated rings. The van der Waals surface area contributed by atoms with E-state index in [-0.39, 0.29) is 5.92 Å². The van der Waals surface area contributed by atoms with Crippen LogP contribution in [0.1, 0.15) is 49.6 Å². The Balaban J connectivity index is 2.68. The number of aromatic nitrogens is 3. The third kappa shape index (κ3) is 2.75. The minimum absolute atomic E-state index is 0.250. The molecule has 0 amide bonds. The smallest absolute Gasteiger partial charge is 0.186 e. The van der Waals surface area contributed by atoms with Gasteiger partial charge in [0.05, 0.1) is 12.8 Å². The Hall–Kier alpha value is -2.35. The van der Waals surface area contributed by atoms with Gasteiger partial charge in [-0.05, 0) is 37.5 Å². The molecule has 1 heterocycles. The molecule has 0 saturated carbocycles. The summed E-state index contributed by atoms with van der Waals surface area (Å²) >= 11 is 0. The SMILES string of the molecule is CCC(CC)c1c(C#N)nnn1-c1cc(C)ccc1OC. The molecular weight excluding hydrogens is 264 g/mol. The molecule has 110 valence electrons. The van der Waals surface area contributed by atoms with Crippen LogP contribution in [0.25, 0.3) is 5.69 Å². The lowest BCUT2D eigenvalue weighted by Gasteiger charge is -2.16. The standard InChI is InChI=1S/C16H20N4O/c1-5-12(6-2)16-13(10-17)18-19-20(16)14-9-11(3)7-8-15(14)21-4/h7-9,12H,5-6H2,1-4H3. The van der Waals surface area contributed by atoms with Crippen LogP contribution in [0.3, 0.4) is 0 Å². The van der Waals surface area contributed by atoms with E-state index in [0.29, 0.717) is 5.69 Å². The molecule has 21 heavy (non-hydrogen) atoms. The van der Waals surface area contributed by atoms with Crippen LogP contribution in [0.4, 0.5) is 0 Å². The second-order valence-corrected chi connectivity index (χ2v) is 5.04.